The Labute approximate surface area is 118 Å². The van der Waals surface area contributed by atoms with Crippen LogP contribution in [0.15, 0.2) is 54.6 Å². The van der Waals surface area contributed by atoms with Gasteiger partial charge in [0.2, 0.25) is 0 Å². The Morgan fingerprint density at radius 3 is 2.45 bits per heavy atom. The molecule has 0 aromatic heterocycles. The number of carbonyl (C=O) groups excluding carboxylic acids is 1. The Balaban J connectivity index is 2.06. The average molecular weight is 270 g/mol. The highest BCUT2D eigenvalue weighted by Gasteiger charge is 2.23. The van der Waals surface area contributed by atoms with E-state index < -0.39 is 17.9 Å². The predicted molar refractivity (Wildman–Crippen MR) is 78.9 cm³/mol. The fourth-order valence-corrected chi connectivity index (χ4v) is 2.06. The maximum absolute atomic E-state index is 12.1. The van der Waals surface area contributed by atoms with E-state index in [1.807, 2.05) is 30.3 Å². The van der Waals surface area contributed by atoms with E-state index in [0.717, 1.165) is 5.56 Å². The number of rotatable bonds is 5. The van der Waals surface area contributed by atoms with E-state index in [0.29, 0.717) is 17.7 Å². The highest BCUT2D eigenvalue weighted by Crippen LogP contribution is 2.18. The highest BCUT2D eigenvalue weighted by atomic mass is 16.3. The van der Waals surface area contributed by atoms with Gasteiger partial charge < -0.3 is 16.6 Å². The lowest BCUT2D eigenvalue weighted by Crippen LogP contribution is -2.36. The van der Waals surface area contributed by atoms with Gasteiger partial charge in [-0.3, -0.25) is 4.79 Å². The first kappa shape index (κ1) is 14.2. The number of benzene rings is 2. The number of carbonyl (C=O) groups is 1. The van der Waals surface area contributed by atoms with E-state index >= 15 is 0 Å². The number of ketones is 1. The molecule has 0 radical (unpaired) electrons. The average Bonchev–Trinajstić information content (AvgIpc) is 2.46. The first-order valence-electron chi connectivity index (χ1n) is 6.44. The van der Waals surface area contributed by atoms with Gasteiger partial charge in [-0.05, 0) is 29.7 Å². The molecule has 20 heavy (non-hydrogen) atoms. The minimum atomic E-state index is -1.24. The smallest absolute Gasteiger partial charge is 0.182 e. The van der Waals surface area contributed by atoms with Gasteiger partial charge in [0.05, 0.1) is 6.04 Å². The molecule has 4 heteroatoms. The second-order valence-corrected chi connectivity index (χ2v) is 4.77. The van der Waals surface area contributed by atoms with Gasteiger partial charge in [0, 0.05) is 5.69 Å². The lowest BCUT2D eigenvalue weighted by atomic mass is 9.96. The van der Waals surface area contributed by atoms with E-state index in [-0.39, 0.29) is 0 Å². The van der Waals surface area contributed by atoms with Crippen molar-refractivity contribution < 1.29 is 9.90 Å². The van der Waals surface area contributed by atoms with Crippen LogP contribution in [0.1, 0.15) is 17.2 Å². The van der Waals surface area contributed by atoms with Crippen molar-refractivity contribution in [2.45, 2.75) is 18.6 Å². The maximum Gasteiger partial charge on any atom is 0.182 e. The lowest BCUT2D eigenvalue weighted by Gasteiger charge is -2.16. The minimum absolute atomic E-state index is 0.402. The lowest BCUT2D eigenvalue weighted by molar-refractivity contribution is -0.128. The van der Waals surface area contributed by atoms with Crippen LogP contribution in [0.4, 0.5) is 5.69 Å². The zero-order valence-electron chi connectivity index (χ0n) is 11.1. The number of nitrogens with two attached hydrogens (primary N) is 2. The maximum atomic E-state index is 12.1. The van der Waals surface area contributed by atoms with Crippen molar-refractivity contribution in [2.24, 2.45) is 5.73 Å². The molecule has 104 valence electrons. The molecule has 2 atom stereocenters. The number of aliphatic hydroxyl groups is 1. The molecule has 0 heterocycles. The fourth-order valence-electron chi connectivity index (χ4n) is 2.06. The summed E-state index contributed by atoms with van der Waals surface area (Å²) in [5, 5.41) is 10.1. The molecule has 0 saturated carbocycles. The summed E-state index contributed by atoms with van der Waals surface area (Å²) in [7, 11) is 0. The molecular formula is C16H18N2O2. The van der Waals surface area contributed by atoms with Crippen LogP contribution in [-0.2, 0) is 11.2 Å². The van der Waals surface area contributed by atoms with Crippen molar-refractivity contribution in [3.63, 3.8) is 0 Å². The van der Waals surface area contributed by atoms with Gasteiger partial charge >= 0.3 is 0 Å². The first-order chi connectivity index (χ1) is 9.58. The summed E-state index contributed by atoms with van der Waals surface area (Å²) in [4.78, 5) is 12.1. The van der Waals surface area contributed by atoms with Crippen LogP contribution in [0, 0.1) is 0 Å². The zero-order chi connectivity index (χ0) is 14.5. The van der Waals surface area contributed by atoms with Crippen molar-refractivity contribution in [1.29, 1.82) is 0 Å². The number of hydrogen-bond acceptors (Lipinski definition) is 4. The molecule has 2 rings (SSSR count). The topological polar surface area (TPSA) is 89.3 Å². The summed E-state index contributed by atoms with van der Waals surface area (Å²) in [5.41, 5.74) is 13.5. The Bertz CT molecular complexity index is 584. The van der Waals surface area contributed by atoms with Crippen LogP contribution in [-0.4, -0.2) is 16.9 Å². The summed E-state index contributed by atoms with van der Waals surface area (Å²) in [6.07, 6.45) is -0.837. The van der Waals surface area contributed by atoms with E-state index in [4.69, 9.17) is 11.5 Å². The number of anilines is 1. The third kappa shape index (κ3) is 3.44. The Morgan fingerprint density at radius 2 is 1.80 bits per heavy atom. The summed E-state index contributed by atoms with van der Waals surface area (Å²) in [5.74, 6) is -0.403. The molecule has 2 aromatic carbocycles. The van der Waals surface area contributed by atoms with Crippen molar-refractivity contribution in [1.82, 2.24) is 0 Å². The fraction of sp³-hybridized carbons (Fsp3) is 0.188. The molecule has 5 N–H and O–H groups in total. The molecule has 0 aliphatic heterocycles. The third-order valence-electron chi connectivity index (χ3n) is 3.16. The molecule has 1 unspecified atom stereocenters. The summed E-state index contributed by atoms with van der Waals surface area (Å²) in [6.45, 7) is 0. The minimum Gasteiger partial charge on any atom is -0.399 e. The molecule has 4 nitrogen and oxygen atoms in total. The quantitative estimate of drug-likeness (QED) is 0.717. The molecular weight excluding hydrogens is 252 g/mol. The Hall–Kier alpha value is -2.17. The molecule has 0 aliphatic carbocycles. The predicted octanol–water partition coefficient (Wildman–Crippen LogP) is 1.44. The number of aliphatic hydroxyl groups excluding tert-OH is 1. The molecule has 0 bridgehead atoms. The molecule has 0 amide bonds. The van der Waals surface area contributed by atoms with Crippen molar-refractivity contribution in [3.05, 3.63) is 65.7 Å². The molecule has 0 aliphatic rings. The monoisotopic (exact) mass is 270 g/mol. The van der Waals surface area contributed by atoms with Gasteiger partial charge in [0.15, 0.2) is 5.78 Å². The SMILES string of the molecule is Nc1cccc(C(O)C(=O)[C@@H](N)Cc2ccccc2)c1. The van der Waals surface area contributed by atoms with Crippen LogP contribution in [0.3, 0.4) is 0 Å². The van der Waals surface area contributed by atoms with Gasteiger partial charge in [0.25, 0.3) is 0 Å². The second-order valence-electron chi connectivity index (χ2n) is 4.77. The van der Waals surface area contributed by atoms with Gasteiger partial charge in [-0.1, -0.05) is 42.5 Å². The molecule has 2 aromatic rings. The van der Waals surface area contributed by atoms with Crippen LogP contribution in [0.2, 0.25) is 0 Å². The number of nitrogen functional groups attached to an aromatic ring is 1. The van der Waals surface area contributed by atoms with E-state index in [1.54, 1.807) is 24.3 Å². The number of Topliss-reactive ketones (excluding diaryl/α,β-unsaturated/α-hetero) is 1. The molecule has 0 spiro atoms. The van der Waals surface area contributed by atoms with Gasteiger partial charge in [-0.2, -0.15) is 0 Å². The van der Waals surface area contributed by atoms with Crippen molar-refractivity contribution >= 4 is 11.5 Å². The Morgan fingerprint density at radius 1 is 1.10 bits per heavy atom. The van der Waals surface area contributed by atoms with Gasteiger partial charge in [-0.15, -0.1) is 0 Å². The van der Waals surface area contributed by atoms with Crippen molar-refractivity contribution in [3.8, 4) is 0 Å². The van der Waals surface area contributed by atoms with E-state index in [2.05, 4.69) is 0 Å². The van der Waals surface area contributed by atoms with Crippen LogP contribution < -0.4 is 11.5 Å². The van der Waals surface area contributed by atoms with Crippen LogP contribution in [0.5, 0.6) is 0 Å². The summed E-state index contributed by atoms with van der Waals surface area (Å²) < 4.78 is 0. The highest BCUT2D eigenvalue weighted by molar-refractivity contribution is 5.89. The largest absolute Gasteiger partial charge is 0.399 e. The third-order valence-corrected chi connectivity index (χ3v) is 3.16. The number of hydrogen-bond donors (Lipinski definition) is 3. The van der Waals surface area contributed by atoms with Crippen LogP contribution >= 0.6 is 0 Å². The van der Waals surface area contributed by atoms with Gasteiger partial charge in [0.1, 0.15) is 6.10 Å². The standard InChI is InChI=1S/C16H18N2O2/c17-13-8-4-7-12(10-13)15(19)16(20)14(18)9-11-5-2-1-3-6-11/h1-8,10,14-15,19H,9,17-18H2/t14-,15?/m0/s1. The summed E-state index contributed by atoms with van der Waals surface area (Å²) >= 11 is 0. The zero-order valence-corrected chi connectivity index (χ0v) is 11.1. The molecule has 0 fully saturated rings. The van der Waals surface area contributed by atoms with E-state index in [1.165, 1.54) is 0 Å². The first-order valence-corrected chi connectivity index (χ1v) is 6.44. The second kappa shape index (κ2) is 6.32. The molecule has 0 saturated heterocycles. The van der Waals surface area contributed by atoms with Crippen LogP contribution in [0.25, 0.3) is 0 Å². The van der Waals surface area contributed by atoms with Crippen molar-refractivity contribution in [2.75, 3.05) is 5.73 Å². The summed E-state index contributed by atoms with van der Waals surface area (Å²) in [6, 6.07) is 15.4. The van der Waals surface area contributed by atoms with Gasteiger partial charge in [-0.25, -0.2) is 0 Å². The Kier molecular flexibility index (Phi) is 4.50. The normalized spacial score (nSPS) is 13.7. The van der Waals surface area contributed by atoms with E-state index in [9.17, 15) is 9.90 Å².